The van der Waals surface area contributed by atoms with Gasteiger partial charge >= 0.3 is 11.8 Å². The highest BCUT2D eigenvalue weighted by atomic mass is 35.5. The fraction of sp³-hybridized carbons (Fsp3) is 0. The lowest BCUT2D eigenvalue weighted by Gasteiger charge is -1.75. The average Bonchev–Trinajstić information content (AvgIpc) is 1.36. The Hall–Kier alpha value is -0.770. The standard InChI is InChI=1S/C2H4N2O2.ClH/c3-1(5)2(4)6;/h(H2,3,5)(H2,4,6);1H. The van der Waals surface area contributed by atoms with Gasteiger partial charge in [-0.25, -0.2) is 0 Å². The topological polar surface area (TPSA) is 86.2 Å². The van der Waals surface area contributed by atoms with Gasteiger partial charge in [-0.1, -0.05) is 0 Å². The summed E-state index contributed by atoms with van der Waals surface area (Å²) in [5.41, 5.74) is 8.64. The van der Waals surface area contributed by atoms with E-state index in [2.05, 4.69) is 11.5 Å². The Balaban J connectivity index is 0. The number of carbonyl (C=O) groups is 2. The fourth-order valence-corrected chi connectivity index (χ4v) is 0. The van der Waals surface area contributed by atoms with Gasteiger partial charge in [-0.3, -0.25) is 9.59 Å². The second-order valence-corrected chi connectivity index (χ2v) is 0.729. The van der Waals surface area contributed by atoms with E-state index in [1.54, 1.807) is 0 Å². The first-order valence-corrected chi connectivity index (χ1v) is 1.24. The third-order valence-corrected chi connectivity index (χ3v) is 0.243. The predicted molar refractivity (Wildman–Crippen MR) is 25.6 cm³/mol. The summed E-state index contributed by atoms with van der Waals surface area (Å²) in [4.78, 5) is 18.9. The van der Waals surface area contributed by atoms with E-state index in [-0.39, 0.29) is 12.4 Å². The molecule has 4 N–H and O–H groups in total. The average molecular weight is 125 g/mol. The van der Waals surface area contributed by atoms with Crippen molar-refractivity contribution in [2.24, 2.45) is 11.5 Å². The number of primary amides is 2. The van der Waals surface area contributed by atoms with Gasteiger partial charge in [0.1, 0.15) is 0 Å². The smallest absolute Gasteiger partial charge is 0.306 e. The maximum Gasteiger partial charge on any atom is 0.306 e. The Labute approximate surface area is 46.3 Å². The number of carbonyl (C=O) groups excluding carboxylic acids is 2. The zero-order valence-electron chi connectivity index (χ0n) is 3.38. The van der Waals surface area contributed by atoms with Crippen LogP contribution in [0.3, 0.4) is 0 Å². The van der Waals surface area contributed by atoms with E-state index in [0.29, 0.717) is 0 Å². The van der Waals surface area contributed by atoms with Crippen LogP contribution in [0.1, 0.15) is 0 Å². The molecule has 0 aromatic carbocycles. The summed E-state index contributed by atoms with van der Waals surface area (Å²) in [5, 5.41) is 0. The van der Waals surface area contributed by atoms with Crippen molar-refractivity contribution in [3.8, 4) is 0 Å². The maximum atomic E-state index is 9.45. The molecule has 2 amide bonds. The Morgan fingerprint density at radius 1 is 1.00 bits per heavy atom. The normalized spacial score (nSPS) is 6.29. The van der Waals surface area contributed by atoms with Crippen molar-refractivity contribution >= 4 is 24.2 Å². The number of nitrogens with two attached hydrogens (primary N) is 2. The highest BCUT2D eigenvalue weighted by molar-refractivity contribution is 6.33. The largest absolute Gasteiger partial charge is 0.361 e. The quantitative estimate of drug-likeness (QED) is 0.380. The van der Waals surface area contributed by atoms with Crippen LogP contribution in [0.4, 0.5) is 0 Å². The summed E-state index contributed by atoms with van der Waals surface area (Å²) in [6.07, 6.45) is 0. The molecule has 0 aromatic heterocycles. The van der Waals surface area contributed by atoms with E-state index in [1.807, 2.05) is 0 Å². The number of halogens is 1. The van der Waals surface area contributed by atoms with Crippen LogP contribution in [0, 0.1) is 0 Å². The molecule has 0 aliphatic rings. The third kappa shape index (κ3) is 5.23. The van der Waals surface area contributed by atoms with Crippen LogP contribution in [0.25, 0.3) is 0 Å². The minimum Gasteiger partial charge on any atom is -0.361 e. The zero-order chi connectivity index (χ0) is 5.15. The van der Waals surface area contributed by atoms with Gasteiger partial charge in [-0.05, 0) is 0 Å². The van der Waals surface area contributed by atoms with Gasteiger partial charge in [-0.2, -0.15) is 0 Å². The van der Waals surface area contributed by atoms with Crippen LogP contribution in [0.15, 0.2) is 0 Å². The van der Waals surface area contributed by atoms with E-state index in [9.17, 15) is 9.59 Å². The molecule has 5 heteroatoms. The van der Waals surface area contributed by atoms with Crippen LogP contribution < -0.4 is 11.5 Å². The van der Waals surface area contributed by atoms with E-state index in [1.165, 1.54) is 0 Å². The van der Waals surface area contributed by atoms with Crippen LogP contribution >= 0.6 is 12.4 Å². The molecule has 0 aliphatic carbocycles. The van der Waals surface area contributed by atoms with Gasteiger partial charge in [-0.15, -0.1) is 12.4 Å². The lowest BCUT2D eigenvalue weighted by atomic mass is 10.6. The molecular weight excluding hydrogens is 119 g/mol. The Morgan fingerprint density at radius 2 is 1.14 bits per heavy atom. The van der Waals surface area contributed by atoms with E-state index >= 15 is 0 Å². The Morgan fingerprint density at radius 3 is 1.14 bits per heavy atom. The molecule has 7 heavy (non-hydrogen) atoms. The molecule has 4 nitrogen and oxygen atoms in total. The molecule has 0 radical (unpaired) electrons. The highest BCUT2D eigenvalue weighted by Gasteiger charge is 1.96. The molecule has 0 unspecified atom stereocenters. The molecule has 0 saturated carbocycles. The first-order valence-electron chi connectivity index (χ1n) is 1.24. The Bertz CT molecular complexity index is 79.7. The summed E-state index contributed by atoms with van der Waals surface area (Å²) >= 11 is 0. The molecule has 0 fully saturated rings. The minimum atomic E-state index is -1.10. The number of amides is 2. The summed E-state index contributed by atoms with van der Waals surface area (Å²) in [5.74, 6) is -2.20. The van der Waals surface area contributed by atoms with Crippen LogP contribution in [0.5, 0.6) is 0 Å². The lowest BCUT2D eigenvalue weighted by Crippen LogP contribution is -2.29. The van der Waals surface area contributed by atoms with E-state index < -0.39 is 11.8 Å². The van der Waals surface area contributed by atoms with E-state index in [4.69, 9.17) is 0 Å². The SMILES string of the molecule is Cl.NC(=O)C(N)=O. The summed E-state index contributed by atoms with van der Waals surface area (Å²) in [7, 11) is 0. The molecule has 0 heterocycles. The first kappa shape index (κ1) is 9.52. The maximum absolute atomic E-state index is 9.45. The highest BCUT2D eigenvalue weighted by Crippen LogP contribution is 1.44. The fourth-order valence-electron chi connectivity index (χ4n) is 0. The van der Waals surface area contributed by atoms with Crippen LogP contribution in [-0.2, 0) is 9.59 Å². The van der Waals surface area contributed by atoms with Crippen molar-refractivity contribution in [1.29, 1.82) is 0 Å². The van der Waals surface area contributed by atoms with Gasteiger partial charge in [0, 0.05) is 0 Å². The zero-order valence-corrected chi connectivity index (χ0v) is 4.20. The molecule has 0 bridgehead atoms. The molecular formula is C2H5ClN2O2. The number of hydrogen-bond acceptors (Lipinski definition) is 2. The molecule has 0 atom stereocenters. The second kappa shape index (κ2) is 3.42. The van der Waals surface area contributed by atoms with Crippen molar-refractivity contribution < 1.29 is 9.59 Å². The monoisotopic (exact) mass is 124 g/mol. The van der Waals surface area contributed by atoms with Crippen molar-refractivity contribution in [1.82, 2.24) is 0 Å². The minimum absolute atomic E-state index is 0. The molecule has 0 aromatic rings. The summed E-state index contributed by atoms with van der Waals surface area (Å²) in [6.45, 7) is 0. The van der Waals surface area contributed by atoms with Gasteiger partial charge in [0.25, 0.3) is 0 Å². The number of rotatable bonds is 0. The van der Waals surface area contributed by atoms with Crippen molar-refractivity contribution in [3.63, 3.8) is 0 Å². The first-order chi connectivity index (χ1) is 2.64. The van der Waals surface area contributed by atoms with Crippen molar-refractivity contribution in [3.05, 3.63) is 0 Å². The van der Waals surface area contributed by atoms with E-state index in [0.717, 1.165) is 0 Å². The third-order valence-electron chi connectivity index (χ3n) is 0.243. The molecule has 42 valence electrons. The second-order valence-electron chi connectivity index (χ2n) is 0.729. The molecule has 0 saturated heterocycles. The summed E-state index contributed by atoms with van der Waals surface area (Å²) in [6, 6.07) is 0. The van der Waals surface area contributed by atoms with Gasteiger partial charge < -0.3 is 11.5 Å². The van der Waals surface area contributed by atoms with Crippen molar-refractivity contribution in [2.45, 2.75) is 0 Å². The molecule has 0 aliphatic heterocycles. The Kier molecular flexibility index (Phi) is 4.65. The van der Waals surface area contributed by atoms with Gasteiger partial charge in [0.05, 0.1) is 0 Å². The lowest BCUT2D eigenvalue weighted by molar-refractivity contribution is -0.135. The van der Waals surface area contributed by atoms with Crippen molar-refractivity contribution in [2.75, 3.05) is 0 Å². The number of hydrogen-bond donors (Lipinski definition) is 2. The summed E-state index contributed by atoms with van der Waals surface area (Å²) < 4.78 is 0. The van der Waals surface area contributed by atoms with Crippen LogP contribution in [-0.4, -0.2) is 11.8 Å². The van der Waals surface area contributed by atoms with Gasteiger partial charge in [0.2, 0.25) is 0 Å². The van der Waals surface area contributed by atoms with Crippen LogP contribution in [0.2, 0.25) is 0 Å². The predicted octanol–water partition coefficient (Wildman–Crippen LogP) is -1.62. The van der Waals surface area contributed by atoms with Gasteiger partial charge in [0.15, 0.2) is 0 Å². The molecule has 0 spiro atoms. The molecule has 0 rings (SSSR count).